The first-order valence-corrected chi connectivity index (χ1v) is 5.77. The van der Waals surface area contributed by atoms with E-state index in [4.69, 9.17) is 12.2 Å². The highest BCUT2D eigenvalue weighted by Gasteiger charge is 2.25. The van der Waals surface area contributed by atoms with Gasteiger partial charge in [0.25, 0.3) is 0 Å². The van der Waals surface area contributed by atoms with E-state index in [1.54, 1.807) is 0 Å². The molecule has 2 rings (SSSR count). The molecule has 0 unspecified atom stereocenters. The maximum absolute atomic E-state index is 11.5. The number of rotatable bonds is 0. The van der Waals surface area contributed by atoms with Gasteiger partial charge in [-0.25, -0.2) is 0 Å². The van der Waals surface area contributed by atoms with E-state index in [1.807, 2.05) is 0 Å². The third-order valence-corrected chi connectivity index (χ3v) is 3.94. The van der Waals surface area contributed by atoms with Gasteiger partial charge in [-0.2, -0.15) is 0 Å². The second kappa shape index (κ2) is 3.67. The third-order valence-electron chi connectivity index (χ3n) is 3.63. The minimum atomic E-state index is 0.00301. The molecule has 1 aliphatic heterocycles. The lowest BCUT2D eigenvalue weighted by Crippen LogP contribution is -2.38. The van der Waals surface area contributed by atoms with Crippen LogP contribution in [0, 0.1) is 27.7 Å². The number of carbonyl (C=O) groups is 1. The summed E-state index contributed by atoms with van der Waals surface area (Å²) in [7, 11) is 0. The van der Waals surface area contributed by atoms with Gasteiger partial charge in [-0.15, -0.1) is 0 Å². The van der Waals surface area contributed by atoms with Crippen LogP contribution >= 0.6 is 12.2 Å². The van der Waals surface area contributed by atoms with Crippen LogP contribution in [-0.4, -0.2) is 10.9 Å². The van der Waals surface area contributed by atoms with E-state index in [2.05, 4.69) is 33.0 Å². The molecule has 2 nitrogen and oxygen atoms in total. The molecule has 1 aliphatic rings. The van der Waals surface area contributed by atoms with Crippen molar-refractivity contribution in [3.8, 4) is 0 Å². The smallest absolute Gasteiger partial charge is 0.229 e. The van der Waals surface area contributed by atoms with E-state index >= 15 is 0 Å². The second-order valence-corrected chi connectivity index (χ2v) is 4.82. The second-order valence-electron chi connectivity index (χ2n) is 4.41. The maximum Gasteiger partial charge on any atom is 0.229 e. The number of amides is 1. The van der Waals surface area contributed by atoms with Crippen LogP contribution in [0.4, 0.5) is 0 Å². The largest absolute Gasteiger partial charge is 0.316 e. The van der Waals surface area contributed by atoms with Crippen LogP contribution in [0.15, 0.2) is 0 Å². The summed E-state index contributed by atoms with van der Waals surface area (Å²) in [5.41, 5.74) is 7.12. The molecule has 0 fully saturated rings. The predicted molar refractivity (Wildman–Crippen MR) is 68.9 cm³/mol. The predicted octanol–water partition coefficient (Wildman–Crippen LogP) is 2.27. The summed E-state index contributed by atoms with van der Waals surface area (Å²) in [6, 6.07) is 0. The molecule has 0 saturated carbocycles. The van der Waals surface area contributed by atoms with Crippen LogP contribution < -0.4 is 5.32 Å². The average molecular weight is 233 g/mol. The van der Waals surface area contributed by atoms with Crippen molar-refractivity contribution in [3.63, 3.8) is 0 Å². The molecule has 0 atom stereocenters. The minimum Gasteiger partial charge on any atom is -0.316 e. The standard InChI is InChI=1S/C13H15NOS/c1-6-7(2)9(4)12-10(8(6)3)5-11(15)14-13(12)16/h5H2,1-4H3,(H,14,15,16). The molecule has 0 spiro atoms. The summed E-state index contributed by atoms with van der Waals surface area (Å²) >= 11 is 5.26. The van der Waals surface area contributed by atoms with Gasteiger partial charge in [-0.05, 0) is 55.5 Å². The Bertz CT molecular complexity index is 517. The monoisotopic (exact) mass is 233 g/mol. The van der Waals surface area contributed by atoms with E-state index in [0.717, 1.165) is 11.1 Å². The first kappa shape index (κ1) is 11.3. The van der Waals surface area contributed by atoms with Crippen molar-refractivity contribution in [2.24, 2.45) is 0 Å². The van der Waals surface area contributed by atoms with Crippen LogP contribution in [0.2, 0.25) is 0 Å². The van der Waals surface area contributed by atoms with Gasteiger partial charge in [0.1, 0.15) is 4.99 Å². The van der Waals surface area contributed by atoms with Gasteiger partial charge in [0.2, 0.25) is 5.91 Å². The van der Waals surface area contributed by atoms with Crippen molar-refractivity contribution in [2.45, 2.75) is 34.1 Å². The Morgan fingerprint density at radius 1 is 1.00 bits per heavy atom. The topological polar surface area (TPSA) is 29.1 Å². The Balaban J connectivity index is 2.81. The molecule has 0 saturated heterocycles. The number of fused-ring (bicyclic) bond motifs is 1. The Hall–Kier alpha value is -1.22. The highest BCUT2D eigenvalue weighted by atomic mass is 32.1. The van der Waals surface area contributed by atoms with Gasteiger partial charge < -0.3 is 5.32 Å². The molecule has 1 heterocycles. The number of nitrogens with one attached hydrogen (secondary N) is 1. The summed E-state index contributed by atoms with van der Waals surface area (Å²) in [4.78, 5) is 12.1. The van der Waals surface area contributed by atoms with Gasteiger partial charge >= 0.3 is 0 Å². The van der Waals surface area contributed by atoms with Crippen molar-refractivity contribution in [1.29, 1.82) is 0 Å². The summed E-state index contributed by atoms with van der Waals surface area (Å²) in [6.45, 7) is 8.36. The molecular formula is C13H15NOS. The highest BCUT2D eigenvalue weighted by Crippen LogP contribution is 2.29. The van der Waals surface area contributed by atoms with Gasteiger partial charge in [0.15, 0.2) is 0 Å². The Morgan fingerprint density at radius 3 is 2.19 bits per heavy atom. The van der Waals surface area contributed by atoms with Crippen molar-refractivity contribution in [3.05, 3.63) is 33.4 Å². The van der Waals surface area contributed by atoms with E-state index in [1.165, 1.54) is 22.3 Å². The number of benzene rings is 1. The zero-order valence-electron chi connectivity index (χ0n) is 10.0. The fourth-order valence-corrected chi connectivity index (χ4v) is 2.70. The minimum absolute atomic E-state index is 0.00301. The molecule has 0 aliphatic carbocycles. The maximum atomic E-state index is 11.5. The lowest BCUT2D eigenvalue weighted by atomic mass is 9.86. The van der Waals surface area contributed by atoms with Crippen LogP contribution in [0.3, 0.4) is 0 Å². The first-order chi connectivity index (χ1) is 7.43. The summed E-state index contributed by atoms with van der Waals surface area (Å²) in [6.07, 6.45) is 0.448. The Kier molecular flexibility index (Phi) is 2.58. The van der Waals surface area contributed by atoms with Crippen LogP contribution in [0.1, 0.15) is 33.4 Å². The zero-order valence-corrected chi connectivity index (χ0v) is 10.8. The van der Waals surface area contributed by atoms with Crippen molar-refractivity contribution in [2.75, 3.05) is 0 Å². The molecule has 0 radical (unpaired) electrons. The molecule has 1 aromatic rings. The molecule has 16 heavy (non-hydrogen) atoms. The van der Waals surface area contributed by atoms with E-state index in [-0.39, 0.29) is 5.91 Å². The first-order valence-electron chi connectivity index (χ1n) is 5.37. The van der Waals surface area contributed by atoms with Gasteiger partial charge in [-0.1, -0.05) is 12.2 Å². The normalized spacial score (nSPS) is 14.8. The van der Waals surface area contributed by atoms with Crippen molar-refractivity contribution in [1.82, 2.24) is 5.32 Å². The molecule has 1 N–H and O–H groups in total. The zero-order chi connectivity index (χ0) is 12.0. The fourth-order valence-electron chi connectivity index (χ4n) is 2.31. The molecule has 84 valence electrons. The van der Waals surface area contributed by atoms with Gasteiger partial charge in [0, 0.05) is 5.56 Å². The van der Waals surface area contributed by atoms with Gasteiger partial charge in [-0.3, -0.25) is 4.79 Å². The van der Waals surface area contributed by atoms with E-state index in [9.17, 15) is 4.79 Å². The van der Waals surface area contributed by atoms with Crippen LogP contribution in [0.5, 0.6) is 0 Å². The SMILES string of the molecule is Cc1c(C)c(C)c2c(c1C)CC(=O)NC2=S. The van der Waals surface area contributed by atoms with Gasteiger partial charge in [0.05, 0.1) is 6.42 Å². The molecule has 0 bridgehead atoms. The number of carbonyl (C=O) groups excluding carboxylic acids is 1. The number of hydrogen-bond acceptors (Lipinski definition) is 2. The quantitative estimate of drug-likeness (QED) is 0.696. The van der Waals surface area contributed by atoms with E-state index in [0.29, 0.717) is 11.4 Å². The lowest BCUT2D eigenvalue weighted by Gasteiger charge is -2.25. The fraction of sp³-hybridized carbons (Fsp3) is 0.385. The molecule has 0 aromatic heterocycles. The molecule has 3 heteroatoms. The van der Waals surface area contributed by atoms with Crippen molar-refractivity contribution >= 4 is 23.1 Å². The third kappa shape index (κ3) is 1.47. The highest BCUT2D eigenvalue weighted by molar-refractivity contribution is 7.80. The van der Waals surface area contributed by atoms with Crippen molar-refractivity contribution < 1.29 is 4.79 Å². The average Bonchev–Trinajstić information content (AvgIpc) is 2.22. The summed E-state index contributed by atoms with van der Waals surface area (Å²) in [5, 5.41) is 2.74. The molecular weight excluding hydrogens is 218 g/mol. The molecule has 1 aromatic carbocycles. The Labute approximate surface area is 101 Å². The van der Waals surface area contributed by atoms with Crippen LogP contribution in [0.25, 0.3) is 0 Å². The molecule has 1 amide bonds. The van der Waals surface area contributed by atoms with E-state index < -0.39 is 0 Å². The number of thiocarbonyl (C=S) groups is 1. The Morgan fingerprint density at radius 2 is 1.56 bits per heavy atom. The summed E-state index contributed by atoms with van der Waals surface area (Å²) < 4.78 is 0. The van der Waals surface area contributed by atoms with Crippen LogP contribution in [-0.2, 0) is 11.2 Å². The summed E-state index contributed by atoms with van der Waals surface area (Å²) in [5.74, 6) is 0.00301. The lowest BCUT2D eigenvalue weighted by molar-refractivity contribution is -0.119. The number of hydrogen-bond donors (Lipinski definition) is 1.